The molecular formula is C44H33F3N5O+. The van der Waals surface area contributed by atoms with Crippen LogP contribution in [0.5, 0.6) is 5.75 Å². The molecule has 2 aromatic heterocycles. The molecule has 0 aliphatic heterocycles. The molecule has 0 radical (unpaired) electrons. The fourth-order valence-electron chi connectivity index (χ4n) is 7.04. The van der Waals surface area contributed by atoms with E-state index in [4.69, 9.17) is 10.2 Å². The molecule has 0 unspecified atom stereocenters. The Bertz CT molecular complexity index is 2410. The van der Waals surface area contributed by atoms with Crippen molar-refractivity contribution in [2.45, 2.75) is 25.2 Å². The number of hydrogen-bond donors (Lipinski definition) is 1. The van der Waals surface area contributed by atoms with Crippen LogP contribution >= 0.6 is 0 Å². The summed E-state index contributed by atoms with van der Waals surface area (Å²) in [6, 6.07) is 52.9. The van der Waals surface area contributed by atoms with Crippen molar-refractivity contribution >= 4 is 10.9 Å². The lowest BCUT2D eigenvalue weighted by atomic mass is 9.77. The predicted octanol–water partition coefficient (Wildman–Crippen LogP) is 9.94. The van der Waals surface area contributed by atoms with E-state index in [0.29, 0.717) is 23.1 Å². The van der Waals surface area contributed by atoms with Crippen molar-refractivity contribution in [1.29, 1.82) is 0 Å². The third-order valence-electron chi connectivity index (χ3n) is 9.44. The third kappa shape index (κ3) is 6.42. The summed E-state index contributed by atoms with van der Waals surface area (Å²) in [6.07, 6.45) is -4.12. The summed E-state index contributed by atoms with van der Waals surface area (Å²) < 4.78 is 43.5. The van der Waals surface area contributed by atoms with Crippen molar-refractivity contribution < 1.29 is 22.7 Å². The Labute approximate surface area is 304 Å². The van der Waals surface area contributed by atoms with Crippen molar-refractivity contribution in [1.82, 2.24) is 20.4 Å². The van der Waals surface area contributed by atoms with Crippen LogP contribution < -0.4 is 9.53 Å². The van der Waals surface area contributed by atoms with E-state index in [-0.39, 0.29) is 5.75 Å². The number of H-pyrrole nitrogens is 1. The van der Waals surface area contributed by atoms with E-state index in [1.165, 1.54) is 12.1 Å². The predicted molar refractivity (Wildman–Crippen MR) is 199 cm³/mol. The number of aryl methyl sites for hydroxylation is 1. The van der Waals surface area contributed by atoms with Gasteiger partial charge in [0.2, 0.25) is 5.54 Å². The average molecular weight is 705 g/mol. The van der Waals surface area contributed by atoms with E-state index >= 15 is 0 Å². The molecule has 1 N–H and O–H groups in total. The molecule has 9 heteroatoms. The molecule has 8 rings (SSSR count). The Balaban J connectivity index is 1.22. The van der Waals surface area contributed by atoms with Gasteiger partial charge in [-0.15, -0.1) is 13.2 Å². The molecule has 53 heavy (non-hydrogen) atoms. The summed E-state index contributed by atoms with van der Waals surface area (Å²) in [4.78, 5) is 6.48. The number of hydrogen-bond acceptors (Lipinski definition) is 4. The molecule has 260 valence electrons. The molecule has 6 aromatic carbocycles. The Hall–Kier alpha value is -6.61. The number of benzene rings is 6. The van der Waals surface area contributed by atoms with Crippen molar-refractivity contribution in [2.75, 3.05) is 0 Å². The van der Waals surface area contributed by atoms with Gasteiger partial charge in [0.1, 0.15) is 5.75 Å². The van der Waals surface area contributed by atoms with Gasteiger partial charge in [-0.3, -0.25) is 4.98 Å². The molecule has 0 fully saturated rings. The minimum absolute atomic E-state index is 0.289. The number of nitrogens with one attached hydrogen (secondary N) is 1. The maximum atomic E-state index is 13.1. The number of aromatic amines is 1. The summed E-state index contributed by atoms with van der Waals surface area (Å²) in [5, 5.41) is 13.8. The zero-order chi connectivity index (χ0) is 36.4. The van der Waals surface area contributed by atoms with Gasteiger partial charge in [-0.25, -0.2) is 0 Å². The van der Waals surface area contributed by atoms with Crippen molar-refractivity contribution in [2.24, 2.45) is 0 Å². The van der Waals surface area contributed by atoms with Crippen molar-refractivity contribution in [3.63, 3.8) is 0 Å². The van der Waals surface area contributed by atoms with Gasteiger partial charge in [0.05, 0.1) is 16.2 Å². The van der Waals surface area contributed by atoms with Crippen LogP contribution in [0.2, 0.25) is 0 Å². The minimum Gasteiger partial charge on any atom is -0.406 e. The number of halogens is 3. The summed E-state index contributed by atoms with van der Waals surface area (Å²) in [5.74, 6) is 0.226. The zero-order valence-electron chi connectivity index (χ0n) is 28.6. The normalized spacial score (nSPS) is 11.8. The van der Waals surface area contributed by atoms with Crippen LogP contribution in [0.3, 0.4) is 0 Å². The summed E-state index contributed by atoms with van der Waals surface area (Å²) in [7, 11) is 0. The number of tetrazole rings is 1. The lowest BCUT2D eigenvalue weighted by molar-refractivity contribution is -0.836. The largest absolute Gasteiger partial charge is 0.573 e. The molecule has 0 saturated carbocycles. The van der Waals surface area contributed by atoms with Crippen molar-refractivity contribution in [3.05, 3.63) is 186 Å². The summed E-state index contributed by atoms with van der Waals surface area (Å²) in [6.45, 7) is 2.00. The van der Waals surface area contributed by atoms with Crippen LogP contribution in [0.1, 0.15) is 29.3 Å². The average Bonchev–Trinajstić information content (AvgIpc) is 3.69. The van der Waals surface area contributed by atoms with E-state index in [1.54, 1.807) is 6.07 Å². The van der Waals surface area contributed by atoms with Crippen LogP contribution in [0.25, 0.3) is 44.5 Å². The molecule has 0 saturated heterocycles. The van der Waals surface area contributed by atoms with E-state index in [2.05, 4.69) is 51.3 Å². The van der Waals surface area contributed by atoms with Gasteiger partial charge in [-0.2, -0.15) is 0 Å². The fourth-order valence-corrected chi connectivity index (χ4v) is 7.04. The van der Waals surface area contributed by atoms with Crippen molar-refractivity contribution in [3.8, 4) is 39.4 Å². The van der Waals surface area contributed by atoms with Crippen LogP contribution in [-0.2, 0) is 12.0 Å². The van der Waals surface area contributed by atoms with Gasteiger partial charge in [0, 0.05) is 27.8 Å². The Morgan fingerprint density at radius 1 is 0.604 bits per heavy atom. The molecule has 0 atom stereocenters. The molecular weight excluding hydrogens is 672 g/mol. The quantitative estimate of drug-likeness (QED) is 0.120. The lowest BCUT2D eigenvalue weighted by Gasteiger charge is -2.29. The number of fused-ring (bicyclic) bond motifs is 1. The summed E-state index contributed by atoms with van der Waals surface area (Å²) >= 11 is 0. The highest BCUT2D eigenvalue weighted by atomic mass is 19.4. The van der Waals surface area contributed by atoms with Gasteiger partial charge in [-0.05, 0) is 74.1 Å². The maximum absolute atomic E-state index is 13.1. The molecule has 2 heterocycles. The standard InChI is InChI=1S/C44H32F3N5O/c1-2-35-28-39(40-29-36(53-44(45,46)47)26-27-41(40)48-35)31-24-22-30(23-25-31)37-20-12-13-21-38(37)42-49-51-52(50-42)43(32-14-6-3-7-15-32,33-16-8-4-9-17-33)34-18-10-5-11-19-34/h3-29H,2H2,1H3/p+1. The number of rotatable bonds is 9. The van der Waals surface area contributed by atoms with Gasteiger partial charge in [0.15, 0.2) is 0 Å². The molecule has 0 spiro atoms. The maximum Gasteiger partial charge on any atom is 0.573 e. The molecule has 0 aliphatic rings. The van der Waals surface area contributed by atoms with E-state index in [0.717, 1.165) is 50.2 Å². The monoisotopic (exact) mass is 704 g/mol. The number of alkyl halides is 3. The minimum atomic E-state index is -4.80. The SMILES string of the molecule is CCc1cc(-c2ccc(-c3ccccc3-c3n[nH][n+](C(c4ccccc4)(c4ccccc4)c4ccccc4)n3)cc2)c2cc(OC(F)(F)F)ccc2n1. The van der Waals surface area contributed by atoms with Gasteiger partial charge in [0.25, 0.3) is 0 Å². The highest BCUT2D eigenvalue weighted by Gasteiger charge is 2.46. The third-order valence-corrected chi connectivity index (χ3v) is 9.44. The number of ether oxygens (including phenoxy) is 1. The van der Waals surface area contributed by atoms with Crippen LogP contribution in [-0.4, -0.2) is 26.8 Å². The Morgan fingerprint density at radius 3 is 1.68 bits per heavy atom. The first-order valence-corrected chi connectivity index (χ1v) is 17.2. The topological polar surface area (TPSA) is 67.6 Å². The van der Waals surface area contributed by atoms with E-state index in [9.17, 15) is 13.2 Å². The first-order chi connectivity index (χ1) is 25.8. The Morgan fingerprint density at radius 2 is 1.13 bits per heavy atom. The van der Waals surface area contributed by atoms with Gasteiger partial charge < -0.3 is 4.74 Å². The van der Waals surface area contributed by atoms with Gasteiger partial charge >= 0.3 is 12.2 Å². The number of aromatic nitrogens is 5. The molecule has 0 aliphatic carbocycles. The second-order valence-electron chi connectivity index (χ2n) is 12.6. The second-order valence-corrected chi connectivity index (χ2v) is 12.6. The van der Waals surface area contributed by atoms with Gasteiger partial charge in [-0.1, -0.05) is 140 Å². The molecule has 8 aromatic rings. The zero-order valence-corrected chi connectivity index (χ0v) is 28.6. The number of pyridine rings is 1. The molecule has 6 nitrogen and oxygen atoms in total. The summed E-state index contributed by atoms with van der Waals surface area (Å²) in [5.41, 5.74) is 7.90. The molecule has 0 bridgehead atoms. The Kier molecular flexibility index (Phi) is 8.76. The van der Waals surface area contributed by atoms with Crippen LogP contribution in [0, 0.1) is 0 Å². The first kappa shape index (κ1) is 33.5. The number of nitrogens with zero attached hydrogens (tertiary/aromatic N) is 4. The highest BCUT2D eigenvalue weighted by Crippen LogP contribution is 2.38. The van der Waals surface area contributed by atoms with E-state index in [1.807, 2.05) is 121 Å². The smallest absolute Gasteiger partial charge is 0.406 e. The first-order valence-electron chi connectivity index (χ1n) is 17.2. The fraction of sp³-hybridized carbons (Fsp3) is 0.0909. The van der Waals surface area contributed by atoms with Crippen LogP contribution in [0.4, 0.5) is 13.2 Å². The molecule has 0 amide bonds. The highest BCUT2D eigenvalue weighted by molar-refractivity contribution is 5.96. The van der Waals surface area contributed by atoms with Crippen LogP contribution in [0.15, 0.2) is 164 Å². The van der Waals surface area contributed by atoms with E-state index < -0.39 is 11.9 Å². The lowest BCUT2D eigenvalue weighted by Crippen LogP contribution is -2.62. The second kappa shape index (κ2) is 13.8.